The maximum atomic E-state index is 12.2. The first-order valence-electron chi connectivity index (χ1n) is 8.10. The molecular formula is C16H26N4O. The molecule has 1 amide bonds. The molecule has 0 bridgehead atoms. The summed E-state index contributed by atoms with van der Waals surface area (Å²) in [5, 5.41) is 8.46. The van der Waals surface area contributed by atoms with Gasteiger partial charge in [-0.2, -0.15) is 0 Å². The lowest BCUT2D eigenvalue weighted by Crippen LogP contribution is -2.40. The predicted octanol–water partition coefficient (Wildman–Crippen LogP) is 2.73. The van der Waals surface area contributed by atoms with Crippen molar-refractivity contribution in [3.63, 3.8) is 0 Å². The minimum absolute atomic E-state index is 0.0373. The van der Waals surface area contributed by atoms with E-state index >= 15 is 0 Å². The van der Waals surface area contributed by atoms with E-state index in [1.807, 2.05) is 26.0 Å². The van der Waals surface area contributed by atoms with Crippen LogP contribution in [0.15, 0.2) is 12.1 Å². The maximum absolute atomic E-state index is 12.2. The SMILES string of the molecule is CCC1CCCCN1c1ccc(C(=O)N(CC)CC)nn1. The summed E-state index contributed by atoms with van der Waals surface area (Å²) in [5.41, 5.74) is 0.438. The van der Waals surface area contributed by atoms with Gasteiger partial charge in [-0.15, -0.1) is 10.2 Å². The number of nitrogens with zero attached hydrogens (tertiary/aromatic N) is 4. The zero-order valence-corrected chi connectivity index (χ0v) is 13.4. The molecule has 21 heavy (non-hydrogen) atoms. The fourth-order valence-corrected chi connectivity index (χ4v) is 2.99. The molecule has 0 radical (unpaired) electrons. The summed E-state index contributed by atoms with van der Waals surface area (Å²) in [7, 11) is 0. The fourth-order valence-electron chi connectivity index (χ4n) is 2.99. The van der Waals surface area contributed by atoms with Gasteiger partial charge in [0.1, 0.15) is 0 Å². The Morgan fingerprint density at radius 2 is 2.00 bits per heavy atom. The van der Waals surface area contributed by atoms with Crippen LogP contribution in [0.25, 0.3) is 0 Å². The number of hydrogen-bond acceptors (Lipinski definition) is 4. The van der Waals surface area contributed by atoms with Gasteiger partial charge >= 0.3 is 0 Å². The smallest absolute Gasteiger partial charge is 0.274 e. The zero-order valence-electron chi connectivity index (χ0n) is 13.4. The fraction of sp³-hybridized carbons (Fsp3) is 0.688. The molecule has 0 N–H and O–H groups in total. The number of amides is 1. The van der Waals surface area contributed by atoms with Crippen molar-refractivity contribution in [2.24, 2.45) is 0 Å². The Hall–Kier alpha value is -1.65. The number of aromatic nitrogens is 2. The monoisotopic (exact) mass is 290 g/mol. The van der Waals surface area contributed by atoms with Gasteiger partial charge in [0.15, 0.2) is 11.5 Å². The Balaban J connectivity index is 2.12. The lowest BCUT2D eigenvalue weighted by Gasteiger charge is -2.35. The first kappa shape index (κ1) is 15.7. The van der Waals surface area contributed by atoms with Crippen LogP contribution >= 0.6 is 0 Å². The molecule has 1 fully saturated rings. The second-order valence-corrected chi connectivity index (χ2v) is 5.51. The molecule has 1 saturated heterocycles. The molecule has 1 aromatic rings. The highest BCUT2D eigenvalue weighted by Crippen LogP contribution is 2.24. The van der Waals surface area contributed by atoms with Crippen molar-refractivity contribution in [2.75, 3.05) is 24.5 Å². The molecule has 1 aliphatic rings. The van der Waals surface area contributed by atoms with Crippen molar-refractivity contribution in [1.29, 1.82) is 0 Å². The molecule has 1 atom stereocenters. The highest BCUT2D eigenvalue weighted by atomic mass is 16.2. The molecule has 0 saturated carbocycles. The largest absolute Gasteiger partial charge is 0.352 e. The molecule has 5 nitrogen and oxygen atoms in total. The summed E-state index contributed by atoms with van der Waals surface area (Å²) in [5.74, 6) is 0.863. The van der Waals surface area contributed by atoms with Gasteiger partial charge in [0.25, 0.3) is 5.91 Å². The predicted molar refractivity (Wildman–Crippen MR) is 84.6 cm³/mol. The molecule has 0 aromatic carbocycles. The van der Waals surface area contributed by atoms with E-state index in [0.717, 1.165) is 18.8 Å². The average molecular weight is 290 g/mol. The standard InChI is InChI=1S/C16H26N4O/c1-4-13-9-7-8-12-20(13)15-11-10-14(17-18-15)16(21)19(5-2)6-3/h10-11,13H,4-9,12H2,1-3H3. The third kappa shape index (κ3) is 3.52. The van der Waals surface area contributed by atoms with Crippen LogP contribution in [0.4, 0.5) is 5.82 Å². The second kappa shape index (κ2) is 7.38. The van der Waals surface area contributed by atoms with Crippen molar-refractivity contribution in [2.45, 2.75) is 52.5 Å². The van der Waals surface area contributed by atoms with Crippen LogP contribution in [0.1, 0.15) is 56.9 Å². The van der Waals surface area contributed by atoms with Gasteiger partial charge in [0.05, 0.1) is 0 Å². The molecule has 116 valence electrons. The van der Waals surface area contributed by atoms with Crippen LogP contribution in [0, 0.1) is 0 Å². The van der Waals surface area contributed by atoms with E-state index in [9.17, 15) is 4.79 Å². The number of anilines is 1. The Labute approximate surface area is 127 Å². The van der Waals surface area contributed by atoms with E-state index in [1.54, 1.807) is 4.90 Å². The number of hydrogen-bond donors (Lipinski definition) is 0. The molecule has 2 heterocycles. The van der Waals surface area contributed by atoms with Crippen LogP contribution in [0.5, 0.6) is 0 Å². The van der Waals surface area contributed by atoms with E-state index in [2.05, 4.69) is 22.0 Å². The molecule has 5 heteroatoms. The molecule has 1 unspecified atom stereocenters. The third-order valence-corrected chi connectivity index (χ3v) is 4.31. The summed E-state index contributed by atoms with van der Waals surface area (Å²) in [4.78, 5) is 16.3. The lowest BCUT2D eigenvalue weighted by atomic mass is 10.0. The number of carbonyl (C=O) groups is 1. The second-order valence-electron chi connectivity index (χ2n) is 5.51. The molecule has 1 aliphatic heterocycles. The minimum atomic E-state index is -0.0373. The number of carbonyl (C=O) groups excluding carboxylic acids is 1. The molecule has 0 spiro atoms. The van der Waals surface area contributed by atoms with Gasteiger partial charge in [-0.1, -0.05) is 6.92 Å². The number of rotatable bonds is 5. The van der Waals surface area contributed by atoms with E-state index in [0.29, 0.717) is 24.8 Å². The van der Waals surface area contributed by atoms with Crippen LogP contribution in [0.3, 0.4) is 0 Å². The quantitative estimate of drug-likeness (QED) is 0.836. The van der Waals surface area contributed by atoms with Gasteiger partial charge in [-0.3, -0.25) is 4.79 Å². The Morgan fingerprint density at radius 1 is 1.24 bits per heavy atom. The minimum Gasteiger partial charge on any atom is -0.352 e. The van der Waals surface area contributed by atoms with Gasteiger partial charge in [0, 0.05) is 25.7 Å². The first-order valence-corrected chi connectivity index (χ1v) is 8.10. The summed E-state index contributed by atoms with van der Waals surface area (Å²) in [6.45, 7) is 8.60. The summed E-state index contributed by atoms with van der Waals surface area (Å²) in [6, 6.07) is 4.31. The van der Waals surface area contributed by atoms with Crippen LogP contribution in [-0.2, 0) is 0 Å². The summed E-state index contributed by atoms with van der Waals surface area (Å²) < 4.78 is 0. The van der Waals surface area contributed by atoms with Crippen molar-refractivity contribution in [3.8, 4) is 0 Å². The van der Waals surface area contributed by atoms with Gasteiger partial charge in [0.2, 0.25) is 0 Å². The van der Waals surface area contributed by atoms with E-state index < -0.39 is 0 Å². The topological polar surface area (TPSA) is 49.3 Å². The highest BCUT2D eigenvalue weighted by Gasteiger charge is 2.23. The van der Waals surface area contributed by atoms with Gasteiger partial charge in [-0.05, 0) is 51.7 Å². The van der Waals surface area contributed by atoms with Crippen LogP contribution in [0.2, 0.25) is 0 Å². The van der Waals surface area contributed by atoms with E-state index in [1.165, 1.54) is 19.3 Å². The van der Waals surface area contributed by atoms with Crippen molar-refractivity contribution < 1.29 is 4.79 Å². The summed E-state index contributed by atoms with van der Waals surface area (Å²) in [6.07, 6.45) is 4.85. The zero-order chi connectivity index (χ0) is 15.2. The maximum Gasteiger partial charge on any atom is 0.274 e. The average Bonchev–Trinajstić information content (AvgIpc) is 2.56. The Bertz CT molecular complexity index is 456. The lowest BCUT2D eigenvalue weighted by molar-refractivity contribution is 0.0766. The third-order valence-electron chi connectivity index (χ3n) is 4.31. The molecule has 0 aliphatic carbocycles. The molecule has 1 aromatic heterocycles. The number of piperidine rings is 1. The normalized spacial score (nSPS) is 18.6. The highest BCUT2D eigenvalue weighted by molar-refractivity contribution is 5.92. The molecular weight excluding hydrogens is 264 g/mol. The van der Waals surface area contributed by atoms with E-state index in [-0.39, 0.29) is 5.91 Å². The molecule has 2 rings (SSSR count). The van der Waals surface area contributed by atoms with Gasteiger partial charge in [-0.25, -0.2) is 0 Å². The van der Waals surface area contributed by atoms with Crippen molar-refractivity contribution in [3.05, 3.63) is 17.8 Å². The van der Waals surface area contributed by atoms with Gasteiger partial charge < -0.3 is 9.80 Å². The van der Waals surface area contributed by atoms with Crippen LogP contribution in [-0.4, -0.2) is 46.7 Å². The van der Waals surface area contributed by atoms with Crippen molar-refractivity contribution in [1.82, 2.24) is 15.1 Å². The Kier molecular flexibility index (Phi) is 5.53. The summed E-state index contributed by atoms with van der Waals surface area (Å²) >= 11 is 0. The van der Waals surface area contributed by atoms with Crippen molar-refractivity contribution >= 4 is 11.7 Å². The van der Waals surface area contributed by atoms with Crippen LogP contribution < -0.4 is 4.90 Å². The first-order chi connectivity index (χ1) is 10.2. The Morgan fingerprint density at radius 3 is 2.57 bits per heavy atom. The van der Waals surface area contributed by atoms with E-state index in [4.69, 9.17) is 0 Å².